The molecule has 6 heteroatoms. The van der Waals surface area contributed by atoms with Gasteiger partial charge in [-0.25, -0.2) is 9.37 Å². The SMILES string of the molecule is CN(CC1CCOC1)c1ncc(F)c(N2CCCC2)n1. The van der Waals surface area contributed by atoms with E-state index in [1.807, 2.05) is 16.8 Å². The maximum Gasteiger partial charge on any atom is 0.227 e. The Bertz CT molecular complexity index is 458. The minimum Gasteiger partial charge on any atom is -0.381 e. The van der Waals surface area contributed by atoms with Crippen molar-refractivity contribution in [3.63, 3.8) is 0 Å². The average molecular weight is 280 g/mol. The van der Waals surface area contributed by atoms with Crippen molar-refractivity contribution in [2.45, 2.75) is 19.3 Å². The molecule has 0 radical (unpaired) electrons. The van der Waals surface area contributed by atoms with Gasteiger partial charge in [0.1, 0.15) is 0 Å². The van der Waals surface area contributed by atoms with E-state index in [4.69, 9.17) is 4.74 Å². The van der Waals surface area contributed by atoms with Gasteiger partial charge < -0.3 is 14.5 Å². The summed E-state index contributed by atoms with van der Waals surface area (Å²) in [6.07, 6.45) is 4.57. The number of ether oxygens (including phenoxy) is 1. The summed E-state index contributed by atoms with van der Waals surface area (Å²) in [6.45, 7) is 4.25. The number of hydrogen-bond acceptors (Lipinski definition) is 5. The van der Waals surface area contributed by atoms with Crippen LogP contribution in [0.2, 0.25) is 0 Å². The molecule has 1 unspecified atom stereocenters. The van der Waals surface area contributed by atoms with Crippen LogP contribution in [-0.4, -0.2) is 49.9 Å². The summed E-state index contributed by atoms with van der Waals surface area (Å²) in [4.78, 5) is 12.6. The predicted octanol–water partition coefficient (Wildman–Crippen LogP) is 1.69. The molecule has 1 aromatic rings. The van der Waals surface area contributed by atoms with Gasteiger partial charge in [0.05, 0.1) is 12.8 Å². The van der Waals surface area contributed by atoms with Crippen molar-refractivity contribution in [2.24, 2.45) is 5.92 Å². The van der Waals surface area contributed by atoms with Crippen molar-refractivity contribution in [3.8, 4) is 0 Å². The molecule has 0 aromatic carbocycles. The zero-order valence-corrected chi connectivity index (χ0v) is 11.9. The molecule has 2 saturated heterocycles. The van der Waals surface area contributed by atoms with Crippen molar-refractivity contribution in [2.75, 3.05) is 49.7 Å². The van der Waals surface area contributed by atoms with Crippen molar-refractivity contribution in [1.82, 2.24) is 9.97 Å². The monoisotopic (exact) mass is 280 g/mol. The van der Waals surface area contributed by atoms with Crippen molar-refractivity contribution in [1.29, 1.82) is 0 Å². The molecule has 0 saturated carbocycles. The van der Waals surface area contributed by atoms with Crippen LogP contribution < -0.4 is 9.80 Å². The van der Waals surface area contributed by atoms with Gasteiger partial charge >= 0.3 is 0 Å². The third-order valence-electron chi connectivity index (χ3n) is 4.02. The number of rotatable bonds is 4. The van der Waals surface area contributed by atoms with E-state index in [2.05, 4.69) is 9.97 Å². The van der Waals surface area contributed by atoms with Crippen molar-refractivity contribution in [3.05, 3.63) is 12.0 Å². The van der Waals surface area contributed by atoms with Crippen LogP contribution in [0.5, 0.6) is 0 Å². The average Bonchev–Trinajstić information content (AvgIpc) is 3.11. The number of anilines is 2. The third-order valence-corrected chi connectivity index (χ3v) is 4.02. The van der Waals surface area contributed by atoms with Crippen LogP contribution in [0.3, 0.4) is 0 Å². The minimum atomic E-state index is -0.326. The molecule has 0 N–H and O–H groups in total. The van der Waals surface area contributed by atoms with E-state index in [0.717, 1.165) is 52.1 Å². The van der Waals surface area contributed by atoms with Gasteiger partial charge in [-0.1, -0.05) is 0 Å². The second kappa shape index (κ2) is 5.91. The van der Waals surface area contributed by atoms with Crippen molar-refractivity contribution < 1.29 is 9.13 Å². The van der Waals surface area contributed by atoms with E-state index in [1.165, 1.54) is 6.20 Å². The van der Waals surface area contributed by atoms with Gasteiger partial charge in [-0.2, -0.15) is 4.98 Å². The van der Waals surface area contributed by atoms with Crippen LogP contribution in [0.4, 0.5) is 16.2 Å². The lowest BCUT2D eigenvalue weighted by Gasteiger charge is -2.23. The summed E-state index contributed by atoms with van der Waals surface area (Å²) < 4.78 is 19.3. The molecule has 1 atom stereocenters. The molecule has 0 amide bonds. The molecule has 0 bridgehead atoms. The van der Waals surface area contributed by atoms with Crippen molar-refractivity contribution >= 4 is 11.8 Å². The standard InChI is InChI=1S/C14H21FN4O/c1-18(9-11-4-7-20-10-11)14-16-8-12(15)13(17-14)19-5-2-3-6-19/h8,11H,2-7,9-10H2,1H3. The Morgan fingerprint density at radius 1 is 1.45 bits per heavy atom. The summed E-state index contributed by atoms with van der Waals surface area (Å²) >= 11 is 0. The summed E-state index contributed by atoms with van der Waals surface area (Å²) in [5.74, 6) is 1.24. The smallest absolute Gasteiger partial charge is 0.227 e. The highest BCUT2D eigenvalue weighted by atomic mass is 19.1. The maximum atomic E-state index is 13.9. The van der Waals surface area contributed by atoms with Gasteiger partial charge in [0.15, 0.2) is 11.6 Å². The van der Waals surface area contributed by atoms with E-state index in [-0.39, 0.29) is 5.82 Å². The van der Waals surface area contributed by atoms with Crippen LogP contribution in [0, 0.1) is 11.7 Å². The Balaban J connectivity index is 1.73. The zero-order chi connectivity index (χ0) is 13.9. The van der Waals surface area contributed by atoms with Gasteiger partial charge in [0.2, 0.25) is 5.95 Å². The first-order valence-corrected chi connectivity index (χ1v) is 7.30. The second-order valence-electron chi connectivity index (χ2n) is 5.65. The highest BCUT2D eigenvalue weighted by Crippen LogP contribution is 2.23. The number of aromatic nitrogens is 2. The Morgan fingerprint density at radius 2 is 2.25 bits per heavy atom. The topological polar surface area (TPSA) is 41.5 Å². The first-order valence-electron chi connectivity index (χ1n) is 7.30. The zero-order valence-electron chi connectivity index (χ0n) is 11.9. The van der Waals surface area contributed by atoms with Gasteiger partial charge in [-0.3, -0.25) is 0 Å². The first-order chi connectivity index (χ1) is 9.74. The number of halogens is 1. The predicted molar refractivity (Wildman–Crippen MR) is 75.6 cm³/mol. The molecule has 0 aliphatic carbocycles. The molecule has 2 fully saturated rings. The van der Waals surface area contributed by atoms with Crippen LogP contribution in [0.1, 0.15) is 19.3 Å². The molecule has 2 aliphatic heterocycles. The van der Waals surface area contributed by atoms with E-state index < -0.39 is 0 Å². The molecule has 3 heterocycles. The third kappa shape index (κ3) is 2.85. The molecule has 3 rings (SSSR count). The van der Waals surface area contributed by atoms with Gasteiger partial charge in [-0.15, -0.1) is 0 Å². The molecule has 1 aromatic heterocycles. The Labute approximate surface area is 118 Å². The Kier molecular flexibility index (Phi) is 4.00. The summed E-state index contributed by atoms with van der Waals surface area (Å²) in [5.41, 5.74) is 0. The lowest BCUT2D eigenvalue weighted by atomic mass is 10.1. The first kappa shape index (κ1) is 13.5. The van der Waals surface area contributed by atoms with E-state index in [9.17, 15) is 4.39 Å². The fraction of sp³-hybridized carbons (Fsp3) is 0.714. The van der Waals surface area contributed by atoms with Crippen LogP contribution >= 0.6 is 0 Å². The maximum absolute atomic E-state index is 13.9. The molecule has 0 spiro atoms. The molecular formula is C14H21FN4O. The lowest BCUT2D eigenvalue weighted by Crippen LogP contribution is -2.28. The largest absolute Gasteiger partial charge is 0.381 e. The van der Waals surface area contributed by atoms with Crippen LogP contribution in [-0.2, 0) is 4.74 Å². The fourth-order valence-corrected chi connectivity index (χ4v) is 2.88. The molecular weight excluding hydrogens is 259 g/mol. The van der Waals surface area contributed by atoms with Crippen LogP contribution in [0.25, 0.3) is 0 Å². The van der Waals surface area contributed by atoms with E-state index in [1.54, 1.807) is 0 Å². The summed E-state index contributed by atoms with van der Waals surface area (Å²) in [6, 6.07) is 0. The van der Waals surface area contributed by atoms with E-state index in [0.29, 0.717) is 17.7 Å². The number of nitrogens with zero attached hydrogens (tertiary/aromatic N) is 4. The Morgan fingerprint density at radius 3 is 2.95 bits per heavy atom. The van der Waals surface area contributed by atoms with E-state index >= 15 is 0 Å². The Hall–Kier alpha value is -1.43. The molecule has 5 nitrogen and oxygen atoms in total. The summed E-state index contributed by atoms with van der Waals surface area (Å²) in [5, 5.41) is 0. The minimum absolute atomic E-state index is 0.326. The number of hydrogen-bond donors (Lipinski definition) is 0. The molecule has 110 valence electrons. The fourth-order valence-electron chi connectivity index (χ4n) is 2.88. The summed E-state index contributed by atoms with van der Waals surface area (Å²) in [7, 11) is 1.96. The lowest BCUT2D eigenvalue weighted by molar-refractivity contribution is 0.186. The van der Waals surface area contributed by atoms with Gasteiger partial charge in [-0.05, 0) is 19.3 Å². The molecule has 20 heavy (non-hydrogen) atoms. The second-order valence-corrected chi connectivity index (χ2v) is 5.65. The van der Waals surface area contributed by atoms with Gasteiger partial charge in [0.25, 0.3) is 0 Å². The van der Waals surface area contributed by atoms with Gasteiger partial charge in [0, 0.05) is 39.2 Å². The molecule has 2 aliphatic rings. The normalized spacial score (nSPS) is 22.5. The van der Waals surface area contributed by atoms with Crippen LogP contribution in [0.15, 0.2) is 6.20 Å². The highest BCUT2D eigenvalue weighted by Gasteiger charge is 2.22. The highest BCUT2D eigenvalue weighted by molar-refractivity contribution is 5.45. The quantitative estimate of drug-likeness (QED) is 0.839.